The molecule has 1 unspecified atom stereocenters. The smallest absolute Gasteiger partial charge is 0.369 e. The lowest BCUT2D eigenvalue weighted by atomic mass is 10.2. The summed E-state index contributed by atoms with van der Waals surface area (Å²) in [6.07, 6.45) is -3.02. The Kier molecular flexibility index (Phi) is 4.89. The van der Waals surface area contributed by atoms with Crippen LogP contribution in [0.3, 0.4) is 0 Å². The van der Waals surface area contributed by atoms with Crippen LogP contribution in [0.4, 0.5) is 19.0 Å². The lowest BCUT2D eigenvalue weighted by molar-refractivity contribution is -0.137. The molecule has 1 atom stereocenters. The van der Waals surface area contributed by atoms with E-state index < -0.39 is 11.7 Å². The monoisotopic (exact) mass is 286 g/mol. The Morgan fingerprint density at radius 2 is 2.12 bits per heavy atom. The van der Waals surface area contributed by atoms with Crippen LogP contribution in [0.5, 0.6) is 0 Å². The molecule has 0 aromatic carbocycles. The molecular formula is C10H11Cl2F3N2. The van der Waals surface area contributed by atoms with Gasteiger partial charge in [0.05, 0.1) is 10.6 Å². The summed E-state index contributed by atoms with van der Waals surface area (Å²) in [7, 11) is 0. The number of anilines is 1. The molecule has 1 aromatic heterocycles. The largest absolute Gasteiger partial charge is 0.417 e. The highest BCUT2D eigenvalue weighted by Gasteiger charge is 2.31. The molecule has 0 amide bonds. The fourth-order valence-corrected chi connectivity index (χ4v) is 1.45. The van der Waals surface area contributed by atoms with Crippen molar-refractivity contribution < 1.29 is 13.2 Å². The zero-order valence-electron chi connectivity index (χ0n) is 8.98. The highest BCUT2D eigenvalue weighted by atomic mass is 35.5. The molecule has 0 aliphatic carbocycles. The van der Waals surface area contributed by atoms with Crippen LogP contribution in [0.2, 0.25) is 5.02 Å². The summed E-state index contributed by atoms with van der Waals surface area (Å²) in [6.45, 7) is 2.33. The molecule has 0 aliphatic heterocycles. The Morgan fingerprint density at radius 1 is 1.47 bits per heavy atom. The van der Waals surface area contributed by atoms with Gasteiger partial charge in [0.15, 0.2) is 0 Å². The van der Waals surface area contributed by atoms with E-state index in [0.717, 1.165) is 12.3 Å². The number of hydrogen-bond donors (Lipinski definition) is 1. The first-order chi connectivity index (χ1) is 7.80. The van der Waals surface area contributed by atoms with E-state index in [4.69, 9.17) is 23.2 Å². The SMILES string of the molecule is CC(Cl)CCNc1ncc(C(F)(F)F)cc1Cl. The van der Waals surface area contributed by atoms with Crippen LogP contribution in [-0.4, -0.2) is 16.9 Å². The van der Waals surface area contributed by atoms with Gasteiger partial charge in [0.25, 0.3) is 0 Å². The van der Waals surface area contributed by atoms with Gasteiger partial charge in [-0.2, -0.15) is 13.2 Å². The molecule has 0 saturated heterocycles. The third-order valence-electron chi connectivity index (χ3n) is 2.00. The first-order valence-corrected chi connectivity index (χ1v) is 5.73. The van der Waals surface area contributed by atoms with Gasteiger partial charge in [0.2, 0.25) is 0 Å². The highest BCUT2D eigenvalue weighted by molar-refractivity contribution is 6.32. The van der Waals surface area contributed by atoms with E-state index in [1.54, 1.807) is 0 Å². The summed E-state index contributed by atoms with van der Waals surface area (Å²) in [5.74, 6) is 0.233. The molecule has 7 heteroatoms. The number of halogens is 5. The van der Waals surface area contributed by atoms with Crippen LogP contribution in [-0.2, 0) is 6.18 Å². The molecule has 0 saturated carbocycles. The molecule has 17 heavy (non-hydrogen) atoms. The first-order valence-electron chi connectivity index (χ1n) is 4.91. The van der Waals surface area contributed by atoms with E-state index in [-0.39, 0.29) is 16.2 Å². The van der Waals surface area contributed by atoms with Crippen molar-refractivity contribution in [1.29, 1.82) is 0 Å². The topological polar surface area (TPSA) is 24.9 Å². The van der Waals surface area contributed by atoms with Gasteiger partial charge in [0.1, 0.15) is 5.82 Å². The van der Waals surface area contributed by atoms with Crippen molar-refractivity contribution in [3.8, 4) is 0 Å². The molecule has 0 aliphatic rings. The van der Waals surface area contributed by atoms with Crippen LogP contribution in [0.1, 0.15) is 18.9 Å². The summed E-state index contributed by atoms with van der Waals surface area (Å²) in [5.41, 5.74) is -0.862. The summed E-state index contributed by atoms with van der Waals surface area (Å²) in [4.78, 5) is 3.64. The number of nitrogens with one attached hydrogen (secondary N) is 1. The normalized spacial score (nSPS) is 13.5. The second kappa shape index (κ2) is 5.78. The molecule has 0 radical (unpaired) electrons. The minimum atomic E-state index is -4.43. The molecule has 96 valence electrons. The molecule has 0 fully saturated rings. The van der Waals surface area contributed by atoms with E-state index in [2.05, 4.69) is 10.3 Å². The second-order valence-electron chi connectivity index (χ2n) is 3.55. The van der Waals surface area contributed by atoms with Gasteiger partial charge in [-0.15, -0.1) is 11.6 Å². The van der Waals surface area contributed by atoms with Crippen molar-refractivity contribution >= 4 is 29.0 Å². The lowest BCUT2D eigenvalue weighted by Crippen LogP contribution is -2.10. The van der Waals surface area contributed by atoms with Crippen molar-refractivity contribution in [2.75, 3.05) is 11.9 Å². The van der Waals surface area contributed by atoms with E-state index in [0.29, 0.717) is 13.0 Å². The van der Waals surface area contributed by atoms with Crippen LogP contribution in [0, 0.1) is 0 Å². The van der Waals surface area contributed by atoms with Gasteiger partial charge in [-0.05, 0) is 19.4 Å². The van der Waals surface area contributed by atoms with Crippen molar-refractivity contribution in [2.24, 2.45) is 0 Å². The Balaban J connectivity index is 2.70. The molecule has 0 bridgehead atoms. The molecule has 0 spiro atoms. The zero-order valence-corrected chi connectivity index (χ0v) is 10.5. The van der Waals surface area contributed by atoms with Gasteiger partial charge < -0.3 is 5.32 Å². The Bertz CT molecular complexity index is 380. The summed E-state index contributed by atoms with van der Waals surface area (Å²) in [6, 6.07) is 0.848. The maximum Gasteiger partial charge on any atom is 0.417 e. The predicted octanol–water partition coefficient (Wildman–Crippen LogP) is 4.18. The van der Waals surface area contributed by atoms with Crippen LogP contribution in [0.25, 0.3) is 0 Å². The minimum Gasteiger partial charge on any atom is -0.369 e. The Hall–Kier alpha value is -0.680. The third kappa shape index (κ3) is 4.60. The second-order valence-corrected chi connectivity index (χ2v) is 4.70. The van der Waals surface area contributed by atoms with E-state index >= 15 is 0 Å². The average Bonchev–Trinajstić information content (AvgIpc) is 2.18. The quantitative estimate of drug-likeness (QED) is 0.840. The van der Waals surface area contributed by atoms with Gasteiger partial charge in [0, 0.05) is 18.1 Å². The number of aromatic nitrogens is 1. The molecule has 1 rings (SSSR count). The fourth-order valence-electron chi connectivity index (χ4n) is 1.11. The Morgan fingerprint density at radius 3 is 2.59 bits per heavy atom. The number of nitrogens with zero attached hydrogens (tertiary/aromatic N) is 1. The number of alkyl halides is 4. The van der Waals surface area contributed by atoms with Gasteiger partial charge in [-0.1, -0.05) is 11.6 Å². The molecule has 1 N–H and O–H groups in total. The standard InChI is InChI=1S/C10H11Cl2F3N2/c1-6(11)2-3-16-9-8(12)4-7(5-17-9)10(13,14)15/h4-6H,2-3H2,1H3,(H,16,17). The minimum absolute atomic E-state index is 0.0178. The van der Waals surface area contributed by atoms with Crippen molar-refractivity contribution in [3.63, 3.8) is 0 Å². The van der Waals surface area contributed by atoms with E-state index in [9.17, 15) is 13.2 Å². The maximum absolute atomic E-state index is 12.3. The molecule has 1 heterocycles. The Labute approximate surface area is 107 Å². The number of hydrogen-bond acceptors (Lipinski definition) is 2. The van der Waals surface area contributed by atoms with Gasteiger partial charge in [-0.3, -0.25) is 0 Å². The molecule has 1 aromatic rings. The molecular weight excluding hydrogens is 276 g/mol. The van der Waals surface area contributed by atoms with E-state index in [1.807, 2.05) is 6.92 Å². The lowest BCUT2D eigenvalue weighted by Gasteiger charge is -2.11. The van der Waals surface area contributed by atoms with Gasteiger partial charge in [-0.25, -0.2) is 4.98 Å². The van der Waals surface area contributed by atoms with Crippen LogP contribution < -0.4 is 5.32 Å². The number of pyridine rings is 1. The summed E-state index contributed by atoms with van der Waals surface area (Å²) >= 11 is 11.4. The maximum atomic E-state index is 12.3. The first kappa shape index (κ1) is 14.4. The van der Waals surface area contributed by atoms with Gasteiger partial charge >= 0.3 is 6.18 Å². The highest BCUT2D eigenvalue weighted by Crippen LogP contribution is 2.32. The summed E-state index contributed by atoms with van der Waals surface area (Å²) < 4.78 is 37.0. The van der Waals surface area contributed by atoms with Crippen LogP contribution in [0.15, 0.2) is 12.3 Å². The van der Waals surface area contributed by atoms with E-state index in [1.165, 1.54) is 0 Å². The average molecular weight is 287 g/mol. The fraction of sp³-hybridized carbons (Fsp3) is 0.500. The van der Waals surface area contributed by atoms with Crippen molar-refractivity contribution in [1.82, 2.24) is 4.98 Å². The summed E-state index contributed by atoms with van der Waals surface area (Å²) in [5, 5.41) is 2.76. The van der Waals surface area contributed by atoms with Crippen LogP contribution >= 0.6 is 23.2 Å². The number of rotatable bonds is 4. The van der Waals surface area contributed by atoms with Crippen molar-refractivity contribution in [2.45, 2.75) is 24.9 Å². The predicted molar refractivity (Wildman–Crippen MR) is 62.7 cm³/mol. The third-order valence-corrected chi connectivity index (χ3v) is 2.51. The zero-order chi connectivity index (χ0) is 13.1. The van der Waals surface area contributed by atoms with Crippen molar-refractivity contribution in [3.05, 3.63) is 22.8 Å². The molecule has 2 nitrogen and oxygen atoms in total.